The van der Waals surface area contributed by atoms with Crippen LogP contribution in [0.5, 0.6) is 11.5 Å². The van der Waals surface area contributed by atoms with Crippen molar-refractivity contribution < 1.29 is 23.5 Å². The van der Waals surface area contributed by atoms with E-state index in [1.807, 2.05) is 31.2 Å². The molecule has 0 spiro atoms. The summed E-state index contributed by atoms with van der Waals surface area (Å²) in [5.41, 5.74) is 0.446. The van der Waals surface area contributed by atoms with Gasteiger partial charge in [-0.05, 0) is 49.2 Å². The molecule has 0 aliphatic rings. The lowest BCUT2D eigenvalue weighted by Crippen LogP contribution is -2.28. The van der Waals surface area contributed by atoms with Crippen LogP contribution in [0.3, 0.4) is 0 Å². The van der Waals surface area contributed by atoms with Crippen molar-refractivity contribution in [1.29, 1.82) is 0 Å². The van der Waals surface area contributed by atoms with Gasteiger partial charge in [-0.1, -0.05) is 18.2 Å². The number of aryl methyl sites for hydroxylation is 1. The fourth-order valence-electron chi connectivity index (χ4n) is 2.87. The largest absolute Gasteiger partial charge is 0.494 e. The minimum Gasteiger partial charge on any atom is -0.494 e. The van der Waals surface area contributed by atoms with Crippen LogP contribution in [0, 0.1) is 6.92 Å². The van der Waals surface area contributed by atoms with E-state index in [4.69, 9.17) is 13.9 Å². The van der Waals surface area contributed by atoms with Crippen LogP contribution in [0.15, 0.2) is 70.4 Å². The molecule has 0 bridgehead atoms. The topological polar surface area (TPSA) is 94.8 Å². The lowest BCUT2D eigenvalue weighted by molar-refractivity contribution is -0.134. The fraction of sp³-hybridized carbons (Fsp3) is 0.208. The second-order valence-corrected chi connectivity index (χ2v) is 6.89. The van der Waals surface area contributed by atoms with Gasteiger partial charge >= 0.3 is 11.6 Å². The number of hydrogen-bond donors (Lipinski definition) is 1. The maximum Gasteiger partial charge on any atom is 0.349 e. The van der Waals surface area contributed by atoms with Crippen LogP contribution in [0.2, 0.25) is 0 Å². The number of fused-ring (bicyclic) bond motifs is 1. The molecule has 0 aliphatic heterocycles. The van der Waals surface area contributed by atoms with Crippen molar-refractivity contribution in [2.75, 3.05) is 13.2 Å². The van der Waals surface area contributed by atoms with E-state index in [1.165, 1.54) is 18.2 Å². The van der Waals surface area contributed by atoms with E-state index in [1.54, 1.807) is 12.1 Å². The minimum absolute atomic E-state index is 0.104. The number of benzene rings is 2. The first-order valence-electron chi connectivity index (χ1n) is 9.83. The highest BCUT2D eigenvalue weighted by atomic mass is 16.5. The molecule has 3 aromatic rings. The quantitative estimate of drug-likeness (QED) is 0.186. The Hall–Kier alpha value is -3.87. The highest BCUT2D eigenvalue weighted by Gasteiger charge is 2.14. The Morgan fingerprint density at radius 1 is 1.13 bits per heavy atom. The summed E-state index contributed by atoms with van der Waals surface area (Å²) in [6.07, 6.45) is 2.19. The normalized spacial score (nSPS) is 10.5. The SMILES string of the molecule is C=CCNC(=O)c1cc2ccc(OC(=O)CCCOc3cccc(C)c3)cc2oc1=O. The third-order valence-electron chi connectivity index (χ3n) is 4.37. The molecule has 1 N–H and O–H groups in total. The summed E-state index contributed by atoms with van der Waals surface area (Å²) in [4.78, 5) is 36.2. The van der Waals surface area contributed by atoms with Crippen LogP contribution in [0.25, 0.3) is 11.0 Å². The van der Waals surface area contributed by atoms with Gasteiger partial charge < -0.3 is 19.2 Å². The summed E-state index contributed by atoms with van der Waals surface area (Å²) >= 11 is 0. The molecule has 2 aromatic carbocycles. The number of amides is 1. The van der Waals surface area contributed by atoms with E-state index in [-0.39, 0.29) is 29.9 Å². The summed E-state index contributed by atoms with van der Waals surface area (Å²) in [7, 11) is 0. The van der Waals surface area contributed by atoms with Gasteiger partial charge in [-0.25, -0.2) is 4.79 Å². The predicted octanol–water partition coefficient (Wildman–Crippen LogP) is 3.78. The van der Waals surface area contributed by atoms with Gasteiger partial charge in [0.25, 0.3) is 5.91 Å². The van der Waals surface area contributed by atoms with Crippen LogP contribution in [0.1, 0.15) is 28.8 Å². The highest BCUT2D eigenvalue weighted by Crippen LogP contribution is 2.21. The molecule has 0 radical (unpaired) electrons. The highest BCUT2D eigenvalue weighted by molar-refractivity contribution is 5.96. The van der Waals surface area contributed by atoms with Crippen LogP contribution in [0.4, 0.5) is 0 Å². The Balaban J connectivity index is 1.57. The van der Waals surface area contributed by atoms with E-state index < -0.39 is 17.5 Å². The number of carbonyl (C=O) groups excluding carboxylic acids is 2. The Morgan fingerprint density at radius 2 is 1.97 bits per heavy atom. The van der Waals surface area contributed by atoms with E-state index in [0.29, 0.717) is 18.4 Å². The Bertz CT molecular complexity index is 1160. The molecule has 3 rings (SSSR count). The molecular weight excluding hydrogens is 398 g/mol. The van der Waals surface area contributed by atoms with E-state index in [9.17, 15) is 14.4 Å². The zero-order chi connectivity index (χ0) is 22.2. The van der Waals surface area contributed by atoms with Crippen molar-refractivity contribution in [3.05, 3.63) is 82.7 Å². The Labute approximate surface area is 179 Å². The van der Waals surface area contributed by atoms with Crippen molar-refractivity contribution in [3.63, 3.8) is 0 Å². The molecule has 1 aromatic heterocycles. The van der Waals surface area contributed by atoms with Crippen LogP contribution < -0.4 is 20.4 Å². The summed E-state index contributed by atoms with van der Waals surface area (Å²) in [5, 5.41) is 3.07. The first kappa shape index (κ1) is 21.8. The third kappa shape index (κ3) is 6.05. The summed E-state index contributed by atoms with van der Waals surface area (Å²) in [6.45, 7) is 6.12. The third-order valence-corrected chi connectivity index (χ3v) is 4.37. The zero-order valence-electron chi connectivity index (χ0n) is 17.2. The smallest absolute Gasteiger partial charge is 0.349 e. The van der Waals surface area contributed by atoms with Gasteiger partial charge in [0.05, 0.1) is 6.61 Å². The van der Waals surface area contributed by atoms with Crippen molar-refractivity contribution in [2.24, 2.45) is 0 Å². The molecule has 7 nitrogen and oxygen atoms in total. The predicted molar refractivity (Wildman–Crippen MR) is 117 cm³/mol. The van der Waals surface area contributed by atoms with Gasteiger partial charge in [-0.3, -0.25) is 9.59 Å². The number of rotatable bonds is 9. The van der Waals surface area contributed by atoms with Crippen molar-refractivity contribution in [3.8, 4) is 11.5 Å². The maximum absolute atomic E-state index is 12.1. The molecule has 0 aliphatic carbocycles. The van der Waals surface area contributed by atoms with Gasteiger partial charge in [-0.15, -0.1) is 6.58 Å². The number of nitrogens with one attached hydrogen (secondary N) is 1. The zero-order valence-corrected chi connectivity index (χ0v) is 17.2. The number of hydrogen-bond acceptors (Lipinski definition) is 6. The first-order valence-corrected chi connectivity index (χ1v) is 9.83. The molecule has 31 heavy (non-hydrogen) atoms. The van der Waals surface area contributed by atoms with E-state index in [0.717, 1.165) is 11.3 Å². The van der Waals surface area contributed by atoms with E-state index >= 15 is 0 Å². The van der Waals surface area contributed by atoms with Crippen LogP contribution in [-0.2, 0) is 4.79 Å². The van der Waals surface area contributed by atoms with Gasteiger partial charge in [0, 0.05) is 24.4 Å². The van der Waals surface area contributed by atoms with Crippen LogP contribution in [-0.4, -0.2) is 25.0 Å². The fourth-order valence-corrected chi connectivity index (χ4v) is 2.87. The second-order valence-electron chi connectivity index (χ2n) is 6.89. The van der Waals surface area contributed by atoms with Gasteiger partial charge in [0.1, 0.15) is 22.6 Å². The Kier molecular flexibility index (Phi) is 7.22. The van der Waals surface area contributed by atoms with Gasteiger partial charge in [0.2, 0.25) is 0 Å². The van der Waals surface area contributed by atoms with Crippen molar-refractivity contribution in [2.45, 2.75) is 19.8 Å². The monoisotopic (exact) mass is 421 g/mol. The molecule has 0 atom stereocenters. The molecular formula is C24H23NO6. The Morgan fingerprint density at radius 3 is 2.74 bits per heavy atom. The van der Waals surface area contributed by atoms with E-state index in [2.05, 4.69) is 11.9 Å². The van der Waals surface area contributed by atoms with Crippen molar-refractivity contribution >= 4 is 22.8 Å². The lowest BCUT2D eigenvalue weighted by Gasteiger charge is -2.08. The molecule has 1 amide bonds. The number of ether oxygens (including phenoxy) is 2. The van der Waals surface area contributed by atoms with Crippen LogP contribution >= 0.6 is 0 Å². The molecule has 0 saturated carbocycles. The number of carbonyl (C=O) groups is 2. The summed E-state index contributed by atoms with van der Waals surface area (Å²) in [5.74, 6) is 0.0495. The minimum atomic E-state index is -0.772. The van der Waals surface area contributed by atoms with Crippen molar-refractivity contribution in [1.82, 2.24) is 5.32 Å². The van der Waals surface area contributed by atoms with Gasteiger partial charge in [-0.2, -0.15) is 0 Å². The molecule has 0 unspecified atom stereocenters. The van der Waals surface area contributed by atoms with Gasteiger partial charge in [0.15, 0.2) is 0 Å². The summed E-state index contributed by atoms with van der Waals surface area (Å²) in [6, 6.07) is 13.8. The molecule has 0 fully saturated rings. The molecule has 160 valence electrons. The molecule has 0 saturated heterocycles. The molecule has 7 heteroatoms. The maximum atomic E-state index is 12.1. The average molecular weight is 421 g/mol. The lowest BCUT2D eigenvalue weighted by atomic mass is 10.1. The average Bonchev–Trinajstić information content (AvgIpc) is 2.74. The second kappa shape index (κ2) is 10.2. The number of esters is 1. The molecule has 1 heterocycles. The standard InChI is InChI=1S/C24H23NO6/c1-3-11-25-23(27)20-14-17-9-10-19(15-21(17)31-24(20)28)30-22(26)8-5-12-29-18-7-4-6-16(2)13-18/h3-4,6-7,9-10,13-15H,1,5,8,11-12H2,2H3,(H,25,27). The summed E-state index contributed by atoms with van der Waals surface area (Å²) < 4.78 is 16.2. The first-order chi connectivity index (χ1) is 15.0.